The molecule has 0 rings (SSSR count). The number of hydrogen-bond acceptors (Lipinski definition) is 3. The third-order valence-electron chi connectivity index (χ3n) is 3.31. The van der Waals surface area contributed by atoms with Crippen molar-refractivity contribution in [1.82, 2.24) is 10.6 Å². The quantitative estimate of drug-likeness (QED) is 0.536. The Hall–Kier alpha value is -0.610. The van der Waals surface area contributed by atoms with Crippen molar-refractivity contribution in [3.8, 4) is 0 Å². The van der Waals surface area contributed by atoms with Crippen molar-refractivity contribution in [2.24, 2.45) is 5.41 Å². The summed E-state index contributed by atoms with van der Waals surface area (Å²) < 4.78 is 0. The molecule has 0 aromatic rings. The maximum Gasteiger partial charge on any atom is 0.221 e. The van der Waals surface area contributed by atoms with Gasteiger partial charge in [0.15, 0.2) is 0 Å². The van der Waals surface area contributed by atoms with E-state index in [4.69, 9.17) is 0 Å². The Labute approximate surface area is 105 Å². The second-order valence-electron chi connectivity index (χ2n) is 5.01. The lowest BCUT2D eigenvalue weighted by atomic mass is 9.83. The summed E-state index contributed by atoms with van der Waals surface area (Å²) in [5.41, 5.74) is -0.0332. The van der Waals surface area contributed by atoms with Crippen molar-refractivity contribution < 1.29 is 9.90 Å². The molecular formula is C13H28N2O2. The fourth-order valence-electron chi connectivity index (χ4n) is 1.73. The van der Waals surface area contributed by atoms with Crippen molar-refractivity contribution in [3.05, 3.63) is 0 Å². The SMILES string of the molecule is CCC(CC)(CO)CNCCC(=O)NC(C)C. The van der Waals surface area contributed by atoms with Gasteiger partial charge in [-0.2, -0.15) is 0 Å². The van der Waals surface area contributed by atoms with Crippen LogP contribution in [0, 0.1) is 5.41 Å². The Morgan fingerprint density at radius 3 is 2.29 bits per heavy atom. The largest absolute Gasteiger partial charge is 0.396 e. The minimum atomic E-state index is -0.0332. The molecule has 4 nitrogen and oxygen atoms in total. The molecule has 0 unspecified atom stereocenters. The normalized spacial score (nSPS) is 11.9. The van der Waals surface area contributed by atoms with Gasteiger partial charge in [0.25, 0.3) is 0 Å². The Morgan fingerprint density at radius 2 is 1.88 bits per heavy atom. The van der Waals surface area contributed by atoms with Crippen LogP contribution in [0.3, 0.4) is 0 Å². The van der Waals surface area contributed by atoms with Crippen LogP contribution in [-0.4, -0.2) is 36.8 Å². The molecule has 0 aromatic heterocycles. The number of nitrogens with one attached hydrogen (secondary N) is 2. The van der Waals surface area contributed by atoms with Gasteiger partial charge in [0, 0.05) is 37.6 Å². The van der Waals surface area contributed by atoms with E-state index in [0.717, 1.165) is 19.4 Å². The van der Waals surface area contributed by atoms with E-state index in [2.05, 4.69) is 24.5 Å². The van der Waals surface area contributed by atoms with Crippen LogP contribution >= 0.6 is 0 Å². The smallest absolute Gasteiger partial charge is 0.221 e. The van der Waals surface area contributed by atoms with Gasteiger partial charge < -0.3 is 15.7 Å². The van der Waals surface area contributed by atoms with E-state index in [1.165, 1.54) is 0 Å². The molecule has 0 aliphatic heterocycles. The van der Waals surface area contributed by atoms with Crippen LogP contribution in [0.1, 0.15) is 47.0 Å². The maximum absolute atomic E-state index is 11.4. The number of rotatable bonds is 9. The van der Waals surface area contributed by atoms with Crippen LogP contribution < -0.4 is 10.6 Å². The number of carbonyl (C=O) groups excluding carboxylic acids is 1. The molecule has 0 aliphatic rings. The van der Waals surface area contributed by atoms with E-state index < -0.39 is 0 Å². The minimum absolute atomic E-state index is 0.0332. The molecule has 3 N–H and O–H groups in total. The Balaban J connectivity index is 3.79. The summed E-state index contributed by atoms with van der Waals surface area (Å²) in [6.45, 7) is 9.73. The zero-order valence-corrected chi connectivity index (χ0v) is 11.7. The standard InChI is InChI=1S/C13H28N2O2/c1-5-13(6-2,10-16)9-14-8-7-12(17)15-11(3)4/h11,14,16H,5-10H2,1-4H3,(H,15,17). The van der Waals surface area contributed by atoms with E-state index in [0.29, 0.717) is 13.0 Å². The second-order valence-corrected chi connectivity index (χ2v) is 5.01. The minimum Gasteiger partial charge on any atom is -0.396 e. The highest BCUT2D eigenvalue weighted by Crippen LogP contribution is 2.24. The van der Waals surface area contributed by atoms with Gasteiger partial charge in [-0.1, -0.05) is 13.8 Å². The first-order valence-corrected chi connectivity index (χ1v) is 6.60. The fraction of sp³-hybridized carbons (Fsp3) is 0.923. The Morgan fingerprint density at radius 1 is 1.29 bits per heavy atom. The van der Waals surface area contributed by atoms with E-state index in [-0.39, 0.29) is 24.0 Å². The first kappa shape index (κ1) is 16.4. The van der Waals surface area contributed by atoms with Crippen LogP contribution in [0.2, 0.25) is 0 Å². The summed E-state index contributed by atoms with van der Waals surface area (Å²) in [7, 11) is 0. The van der Waals surface area contributed by atoms with Crippen LogP contribution in [0.25, 0.3) is 0 Å². The van der Waals surface area contributed by atoms with E-state index in [1.54, 1.807) is 0 Å². The van der Waals surface area contributed by atoms with Crippen molar-refractivity contribution in [2.75, 3.05) is 19.7 Å². The summed E-state index contributed by atoms with van der Waals surface area (Å²) in [6, 6.07) is 0.199. The monoisotopic (exact) mass is 244 g/mol. The van der Waals surface area contributed by atoms with Gasteiger partial charge in [0.05, 0.1) is 0 Å². The number of carbonyl (C=O) groups is 1. The van der Waals surface area contributed by atoms with E-state index in [9.17, 15) is 9.90 Å². The van der Waals surface area contributed by atoms with Crippen LogP contribution in [0.4, 0.5) is 0 Å². The highest BCUT2D eigenvalue weighted by molar-refractivity contribution is 5.76. The number of amides is 1. The lowest BCUT2D eigenvalue weighted by Gasteiger charge is -2.29. The summed E-state index contributed by atoms with van der Waals surface area (Å²) in [6.07, 6.45) is 2.39. The molecule has 0 saturated heterocycles. The van der Waals surface area contributed by atoms with Gasteiger partial charge in [0.2, 0.25) is 5.91 Å². The molecule has 1 amide bonds. The van der Waals surface area contributed by atoms with Crippen molar-refractivity contribution >= 4 is 5.91 Å². The second kappa shape index (κ2) is 8.48. The van der Waals surface area contributed by atoms with Crippen LogP contribution in [0.15, 0.2) is 0 Å². The summed E-state index contributed by atoms with van der Waals surface area (Å²) in [4.78, 5) is 11.4. The predicted octanol–water partition coefficient (Wildman–Crippen LogP) is 1.29. The molecule has 4 heteroatoms. The van der Waals surface area contributed by atoms with Gasteiger partial charge in [-0.15, -0.1) is 0 Å². The molecule has 102 valence electrons. The lowest BCUT2D eigenvalue weighted by Crippen LogP contribution is -2.38. The zero-order valence-electron chi connectivity index (χ0n) is 11.7. The third-order valence-corrected chi connectivity index (χ3v) is 3.31. The average molecular weight is 244 g/mol. The summed E-state index contributed by atoms with van der Waals surface area (Å²) >= 11 is 0. The first-order valence-electron chi connectivity index (χ1n) is 6.60. The van der Waals surface area contributed by atoms with Gasteiger partial charge >= 0.3 is 0 Å². The first-order chi connectivity index (χ1) is 7.99. The van der Waals surface area contributed by atoms with Crippen molar-refractivity contribution in [1.29, 1.82) is 0 Å². The van der Waals surface area contributed by atoms with Gasteiger partial charge in [-0.05, 0) is 26.7 Å². The molecule has 0 saturated carbocycles. The highest BCUT2D eigenvalue weighted by atomic mass is 16.3. The predicted molar refractivity (Wildman–Crippen MR) is 70.9 cm³/mol. The molecule has 0 atom stereocenters. The maximum atomic E-state index is 11.4. The lowest BCUT2D eigenvalue weighted by molar-refractivity contribution is -0.121. The topological polar surface area (TPSA) is 61.4 Å². The summed E-state index contributed by atoms with van der Waals surface area (Å²) in [5.74, 6) is 0.0788. The third kappa shape index (κ3) is 6.64. The number of aliphatic hydroxyl groups is 1. The highest BCUT2D eigenvalue weighted by Gasteiger charge is 2.24. The van der Waals surface area contributed by atoms with Gasteiger partial charge in [-0.3, -0.25) is 4.79 Å². The van der Waals surface area contributed by atoms with Crippen LogP contribution in [-0.2, 0) is 4.79 Å². The Bertz CT molecular complexity index is 205. The Kier molecular flexibility index (Phi) is 8.17. The molecule has 0 radical (unpaired) electrons. The van der Waals surface area contributed by atoms with E-state index in [1.807, 2.05) is 13.8 Å². The molecule has 0 fully saturated rings. The molecule has 0 spiro atoms. The van der Waals surface area contributed by atoms with Crippen LogP contribution in [0.5, 0.6) is 0 Å². The average Bonchev–Trinajstić information content (AvgIpc) is 2.29. The van der Waals surface area contributed by atoms with Gasteiger partial charge in [-0.25, -0.2) is 0 Å². The molecule has 17 heavy (non-hydrogen) atoms. The fourth-order valence-corrected chi connectivity index (χ4v) is 1.73. The van der Waals surface area contributed by atoms with E-state index >= 15 is 0 Å². The molecule has 0 heterocycles. The number of hydrogen-bond donors (Lipinski definition) is 3. The van der Waals surface area contributed by atoms with Crippen molar-refractivity contribution in [2.45, 2.75) is 53.0 Å². The molecular weight excluding hydrogens is 216 g/mol. The summed E-state index contributed by atoms with van der Waals surface area (Å²) in [5, 5.41) is 15.5. The number of aliphatic hydroxyl groups excluding tert-OH is 1. The van der Waals surface area contributed by atoms with Gasteiger partial charge in [0.1, 0.15) is 0 Å². The molecule has 0 aliphatic carbocycles. The van der Waals surface area contributed by atoms with Crippen molar-refractivity contribution in [3.63, 3.8) is 0 Å². The molecule has 0 aromatic carbocycles. The molecule has 0 bridgehead atoms. The zero-order chi connectivity index (χ0) is 13.3.